The highest BCUT2D eigenvalue weighted by Crippen LogP contribution is 2.32. The number of hydrogen-bond donors (Lipinski definition) is 0. The SMILES string of the molecule is COc1ccc2nc(N(/N=C/c3coc4ccccc4c3=O)C(=O)c3ccc(S(=O)(=O)N(C)CC4CCCO4)cc3)sc2c1. The topological polar surface area (TPSA) is 132 Å². The van der Waals surface area contributed by atoms with Gasteiger partial charge in [0, 0.05) is 25.8 Å². The maximum absolute atomic E-state index is 13.9. The van der Waals surface area contributed by atoms with Crippen LogP contribution in [0.2, 0.25) is 0 Å². The number of benzene rings is 3. The molecule has 13 heteroatoms. The van der Waals surface area contributed by atoms with E-state index in [9.17, 15) is 18.0 Å². The van der Waals surface area contributed by atoms with Crippen molar-refractivity contribution in [2.45, 2.75) is 23.8 Å². The molecule has 44 heavy (non-hydrogen) atoms. The van der Waals surface area contributed by atoms with E-state index in [4.69, 9.17) is 13.9 Å². The smallest absolute Gasteiger partial charge is 0.280 e. The first-order valence-corrected chi connectivity index (χ1v) is 16.0. The third-order valence-corrected chi connectivity index (χ3v) is 10.1. The molecule has 1 fully saturated rings. The van der Waals surface area contributed by atoms with Crippen molar-refractivity contribution in [2.75, 3.05) is 32.3 Å². The molecular formula is C31H28N4O7S2. The number of likely N-dealkylation sites (N-methyl/N-ethyl adjacent to an activating group) is 1. The van der Waals surface area contributed by atoms with Gasteiger partial charge in [0.2, 0.25) is 20.6 Å². The van der Waals surface area contributed by atoms with E-state index in [1.807, 2.05) is 0 Å². The molecule has 1 aliphatic rings. The Hall–Kier alpha value is -4.43. The highest BCUT2D eigenvalue weighted by atomic mass is 32.2. The highest BCUT2D eigenvalue weighted by molar-refractivity contribution is 7.89. The molecule has 0 radical (unpaired) electrons. The van der Waals surface area contributed by atoms with Crippen molar-refractivity contribution >= 4 is 59.8 Å². The van der Waals surface area contributed by atoms with Crippen LogP contribution >= 0.6 is 11.3 Å². The number of hydrazone groups is 1. The van der Waals surface area contributed by atoms with Crippen molar-refractivity contribution in [2.24, 2.45) is 5.10 Å². The van der Waals surface area contributed by atoms with Crippen LogP contribution in [0.15, 0.2) is 92.2 Å². The summed E-state index contributed by atoms with van der Waals surface area (Å²) < 4.78 is 44.9. The van der Waals surface area contributed by atoms with Gasteiger partial charge in [-0.2, -0.15) is 14.4 Å². The average Bonchev–Trinajstić information content (AvgIpc) is 3.71. The molecule has 6 rings (SSSR count). The molecule has 1 aliphatic heterocycles. The second kappa shape index (κ2) is 12.3. The summed E-state index contributed by atoms with van der Waals surface area (Å²) in [5, 5.41) is 6.08. The van der Waals surface area contributed by atoms with E-state index in [1.54, 1.807) is 49.6 Å². The van der Waals surface area contributed by atoms with Crippen LogP contribution in [0.4, 0.5) is 5.13 Å². The van der Waals surface area contributed by atoms with Crippen LogP contribution in [-0.2, 0) is 14.8 Å². The second-order valence-electron chi connectivity index (χ2n) is 10.2. The quantitative estimate of drug-likeness (QED) is 0.166. The van der Waals surface area contributed by atoms with Gasteiger partial charge in [0.25, 0.3) is 5.91 Å². The Morgan fingerprint density at radius 3 is 2.70 bits per heavy atom. The van der Waals surface area contributed by atoms with Crippen molar-refractivity contribution in [3.05, 3.63) is 94.3 Å². The molecule has 1 atom stereocenters. The molecule has 0 saturated carbocycles. The molecule has 1 amide bonds. The van der Waals surface area contributed by atoms with E-state index in [1.165, 1.54) is 59.4 Å². The van der Waals surface area contributed by atoms with Gasteiger partial charge in [0.15, 0.2) is 0 Å². The number of fused-ring (bicyclic) bond motifs is 2. The molecule has 3 heterocycles. The fraction of sp³-hybridized carbons (Fsp3) is 0.226. The largest absolute Gasteiger partial charge is 0.497 e. The Morgan fingerprint density at radius 1 is 1.16 bits per heavy atom. The normalized spacial score (nSPS) is 15.5. The first kappa shape index (κ1) is 29.6. The Bertz CT molecular complexity index is 2030. The number of thiazole rings is 1. The van der Waals surface area contributed by atoms with Crippen LogP contribution < -0.4 is 15.2 Å². The molecule has 3 aromatic carbocycles. The van der Waals surface area contributed by atoms with Crippen LogP contribution in [0.1, 0.15) is 28.8 Å². The molecule has 5 aromatic rings. The second-order valence-corrected chi connectivity index (χ2v) is 13.2. The minimum absolute atomic E-state index is 0.0467. The number of amides is 1. The Kier molecular flexibility index (Phi) is 8.27. The third-order valence-electron chi connectivity index (χ3n) is 7.27. The molecule has 226 valence electrons. The summed E-state index contributed by atoms with van der Waals surface area (Å²) in [6.45, 7) is 0.874. The van der Waals surface area contributed by atoms with Gasteiger partial charge in [0.1, 0.15) is 17.6 Å². The van der Waals surface area contributed by atoms with Crippen molar-refractivity contribution in [3.8, 4) is 5.75 Å². The number of carbonyl (C=O) groups is 1. The van der Waals surface area contributed by atoms with Gasteiger partial charge in [-0.3, -0.25) is 9.59 Å². The number of sulfonamides is 1. The van der Waals surface area contributed by atoms with Crippen molar-refractivity contribution in [3.63, 3.8) is 0 Å². The predicted molar refractivity (Wildman–Crippen MR) is 168 cm³/mol. The Labute approximate surface area is 257 Å². The molecular weight excluding hydrogens is 604 g/mol. The number of nitrogens with zero attached hydrogens (tertiary/aromatic N) is 4. The maximum atomic E-state index is 13.9. The summed E-state index contributed by atoms with van der Waals surface area (Å²) in [5.74, 6) is 0.0539. The number of methoxy groups -OCH3 is 1. The zero-order valence-electron chi connectivity index (χ0n) is 23.9. The lowest BCUT2D eigenvalue weighted by atomic mass is 10.2. The molecule has 1 saturated heterocycles. The summed E-state index contributed by atoms with van der Waals surface area (Å²) in [6, 6.07) is 17.8. The van der Waals surface area contributed by atoms with Crippen LogP contribution in [0.25, 0.3) is 21.2 Å². The minimum atomic E-state index is -3.80. The van der Waals surface area contributed by atoms with Gasteiger partial charge in [-0.1, -0.05) is 23.5 Å². The van der Waals surface area contributed by atoms with Gasteiger partial charge in [-0.15, -0.1) is 0 Å². The Balaban J connectivity index is 1.33. The lowest BCUT2D eigenvalue weighted by molar-refractivity contribution is 0.0978. The van der Waals surface area contributed by atoms with Gasteiger partial charge < -0.3 is 13.9 Å². The van der Waals surface area contributed by atoms with Crippen LogP contribution in [0, 0.1) is 0 Å². The van der Waals surface area contributed by atoms with Crippen molar-refractivity contribution in [1.82, 2.24) is 9.29 Å². The molecule has 1 unspecified atom stereocenters. The van der Waals surface area contributed by atoms with E-state index in [2.05, 4.69) is 10.1 Å². The molecule has 11 nitrogen and oxygen atoms in total. The van der Waals surface area contributed by atoms with E-state index < -0.39 is 15.9 Å². The van der Waals surface area contributed by atoms with E-state index in [-0.39, 0.29) is 39.2 Å². The molecule has 0 aliphatic carbocycles. The van der Waals surface area contributed by atoms with Crippen molar-refractivity contribution in [1.29, 1.82) is 0 Å². The lowest BCUT2D eigenvalue weighted by Crippen LogP contribution is -2.34. The van der Waals surface area contributed by atoms with Crippen molar-refractivity contribution < 1.29 is 27.1 Å². The average molecular weight is 633 g/mol. The summed E-state index contributed by atoms with van der Waals surface area (Å²) >= 11 is 1.21. The van der Waals surface area contributed by atoms with E-state index in [0.717, 1.165) is 22.6 Å². The summed E-state index contributed by atoms with van der Waals surface area (Å²) in [7, 11) is -0.733. The maximum Gasteiger partial charge on any atom is 0.280 e. The first-order chi connectivity index (χ1) is 21.2. The molecule has 0 bridgehead atoms. The molecule has 0 spiro atoms. The summed E-state index contributed by atoms with van der Waals surface area (Å²) in [6.07, 6.45) is 4.11. The predicted octanol–water partition coefficient (Wildman–Crippen LogP) is 4.89. The number of anilines is 1. The summed E-state index contributed by atoms with van der Waals surface area (Å²) in [4.78, 5) is 31.6. The zero-order valence-corrected chi connectivity index (χ0v) is 25.5. The molecule has 2 aromatic heterocycles. The fourth-order valence-corrected chi connectivity index (χ4v) is 7.00. The highest BCUT2D eigenvalue weighted by Gasteiger charge is 2.27. The lowest BCUT2D eigenvalue weighted by Gasteiger charge is -2.20. The van der Waals surface area contributed by atoms with E-state index in [0.29, 0.717) is 28.8 Å². The number of carbonyl (C=O) groups excluding carboxylic acids is 1. The van der Waals surface area contributed by atoms with Gasteiger partial charge in [-0.25, -0.2) is 13.4 Å². The van der Waals surface area contributed by atoms with Gasteiger partial charge >= 0.3 is 0 Å². The molecule has 0 N–H and O–H groups in total. The zero-order chi connectivity index (χ0) is 30.8. The van der Waals surface area contributed by atoms with Crippen LogP contribution in [0.3, 0.4) is 0 Å². The standard InChI is InChI=1S/C31H28N4O7S2/c1-34(18-23-6-5-15-41-23)44(38,39)24-12-9-20(10-13-24)30(37)35(31-33-26-14-11-22(40-2)16-28(26)43-31)32-17-21-19-42-27-8-4-3-7-25(27)29(21)36/h3-4,7-14,16-17,19,23H,5-6,15,18H2,1-2H3/b32-17+. The van der Waals surface area contributed by atoms with Gasteiger partial charge in [0.05, 0.1) is 45.5 Å². The third kappa shape index (κ3) is 5.86. The Morgan fingerprint density at radius 2 is 1.95 bits per heavy atom. The number of para-hydroxylation sites is 1. The fourth-order valence-electron chi connectivity index (χ4n) is 4.85. The number of ether oxygens (including phenoxy) is 2. The van der Waals surface area contributed by atoms with E-state index >= 15 is 0 Å². The number of hydrogen-bond acceptors (Lipinski definition) is 10. The summed E-state index contributed by atoms with van der Waals surface area (Å²) in [5.41, 5.74) is 1.06. The first-order valence-electron chi connectivity index (χ1n) is 13.8. The number of aromatic nitrogens is 1. The number of rotatable bonds is 9. The van der Waals surface area contributed by atoms with Gasteiger partial charge in [-0.05, 0) is 67.4 Å². The monoisotopic (exact) mass is 632 g/mol. The van der Waals surface area contributed by atoms with Crippen LogP contribution in [0.5, 0.6) is 5.75 Å². The van der Waals surface area contributed by atoms with Crippen LogP contribution in [-0.4, -0.2) is 63.2 Å². The minimum Gasteiger partial charge on any atom is -0.497 e.